The van der Waals surface area contributed by atoms with Crippen LogP contribution in [-0.2, 0) is 9.47 Å². The molecular formula is C13H27N3O2. The lowest BCUT2D eigenvalue weighted by Gasteiger charge is -2.36. The van der Waals surface area contributed by atoms with E-state index in [1.165, 1.54) is 6.42 Å². The molecule has 0 aromatic carbocycles. The molecule has 0 saturated carbocycles. The van der Waals surface area contributed by atoms with E-state index in [-0.39, 0.29) is 5.60 Å². The van der Waals surface area contributed by atoms with Gasteiger partial charge in [-0.2, -0.15) is 0 Å². The summed E-state index contributed by atoms with van der Waals surface area (Å²) in [7, 11) is 3.57. The number of hydrogen-bond donors (Lipinski definition) is 2. The highest BCUT2D eigenvalue weighted by molar-refractivity contribution is 5.79. The average Bonchev–Trinajstić information content (AvgIpc) is 2.43. The van der Waals surface area contributed by atoms with Crippen LogP contribution in [0.1, 0.15) is 32.6 Å². The zero-order valence-electron chi connectivity index (χ0n) is 11.9. The number of nitrogens with zero attached hydrogens (tertiary/aromatic N) is 1. The molecule has 1 fully saturated rings. The zero-order valence-corrected chi connectivity index (χ0v) is 11.9. The van der Waals surface area contributed by atoms with E-state index in [1.807, 2.05) is 0 Å². The van der Waals surface area contributed by atoms with Crippen LogP contribution in [0, 0.1) is 0 Å². The van der Waals surface area contributed by atoms with Crippen LogP contribution in [0.15, 0.2) is 4.99 Å². The van der Waals surface area contributed by atoms with Crippen molar-refractivity contribution in [1.29, 1.82) is 0 Å². The van der Waals surface area contributed by atoms with E-state index in [0.717, 1.165) is 51.5 Å². The zero-order chi connectivity index (χ0) is 13.3. The van der Waals surface area contributed by atoms with Gasteiger partial charge in [0.1, 0.15) is 0 Å². The molecule has 106 valence electrons. The Kier molecular flexibility index (Phi) is 7.05. The summed E-state index contributed by atoms with van der Waals surface area (Å²) in [6.45, 7) is 5.46. The molecule has 1 aliphatic rings. The summed E-state index contributed by atoms with van der Waals surface area (Å²) in [4.78, 5) is 4.22. The van der Waals surface area contributed by atoms with Gasteiger partial charge >= 0.3 is 0 Å². The van der Waals surface area contributed by atoms with E-state index in [2.05, 4.69) is 22.5 Å². The van der Waals surface area contributed by atoms with Crippen molar-refractivity contribution in [2.75, 3.05) is 40.5 Å². The van der Waals surface area contributed by atoms with Crippen molar-refractivity contribution in [3.63, 3.8) is 0 Å². The highest BCUT2D eigenvalue weighted by Gasteiger charge is 2.32. The Bertz CT molecular complexity index is 251. The number of nitrogens with one attached hydrogen (secondary N) is 2. The van der Waals surface area contributed by atoms with Gasteiger partial charge in [-0.15, -0.1) is 0 Å². The lowest BCUT2D eigenvalue weighted by molar-refractivity contribution is -0.0855. The molecule has 0 aromatic heterocycles. The Hall–Kier alpha value is -0.810. The van der Waals surface area contributed by atoms with Crippen molar-refractivity contribution in [2.24, 2.45) is 4.99 Å². The van der Waals surface area contributed by atoms with Gasteiger partial charge in [-0.3, -0.25) is 4.99 Å². The first kappa shape index (κ1) is 15.2. The Labute approximate surface area is 110 Å². The van der Waals surface area contributed by atoms with Crippen LogP contribution in [-0.4, -0.2) is 52.0 Å². The lowest BCUT2D eigenvalue weighted by atomic mass is 9.94. The lowest BCUT2D eigenvalue weighted by Crippen LogP contribution is -2.50. The van der Waals surface area contributed by atoms with Crippen molar-refractivity contribution in [3.05, 3.63) is 0 Å². The number of hydrogen-bond acceptors (Lipinski definition) is 3. The van der Waals surface area contributed by atoms with E-state index < -0.39 is 0 Å². The molecule has 0 spiro atoms. The maximum atomic E-state index is 5.67. The number of unbranched alkanes of at least 4 members (excludes halogenated alkanes) is 1. The molecule has 5 heteroatoms. The topological polar surface area (TPSA) is 54.9 Å². The Morgan fingerprint density at radius 3 is 2.61 bits per heavy atom. The summed E-state index contributed by atoms with van der Waals surface area (Å²) in [5.41, 5.74) is -0.110. The quantitative estimate of drug-likeness (QED) is 0.426. The molecule has 0 aromatic rings. The third-order valence-corrected chi connectivity index (χ3v) is 3.46. The van der Waals surface area contributed by atoms with E-state index in [9.17, 15) is 0 Å². The number of aliphatic imine (C=N–C) groups is 1. The van der Waals surface area contributed by atoms with Crippen LogP contribution in [0.4, 0.5) is 0 Å². The van der Waals surface area contributed by atoms with Gasteiger partial charge in [0.15, 0.2) is 5.96 Å². The maximum Gasteiger partial charge on any atom is 0.191 e. The molecule has 0 amide bonds. The van der Waals surface area contributed by atoms with Gasteiger partial charge in [-0.1, -0.05) is 13.3 Å². The van der Waals surface area contributed by atoms with Crippen LogP contribution < -0.4 is 10.6 Å². The van der Waals surface area contributed by atoms with Crippen LogP contribution in [0.25, 0.3) is 0 Å². The van der Waals surface area contributed by atoms with Crippen molar-refractivity contribution in [3.8, 4) is 0 Å². The van der Waals surface area contributed by atoms with Gasteiger partial charge < -0.3 is 20.1 Å². The predicted octanol–water partition coefficient (Wildman–Crippen LogP) is 1.15. The van der Waals surface area contributed by atoms with Crippen LogP contribution in [0.2, 0.25) is 0 Å². The maximum absolute atomic E-state index is 5.67. The summed E-state index contributed by atoms with van der Waals surface area (Å²) in [5.74, 6) is 0.853. The van der Waals surface area contributed by atoms with Gasteiger partial charge in [-0.05, 0) is 6.42 Å². The number of rotatable bonds is 6. The average molecular weight is 257 g/mol. The monoisotopic (exact) mass is 257 g/mol. The second kappa shape index (κ2) is 8.32. The standard InChI is InChI=1S/C13H27N3O2/c1-4-5-8-15-12(14-2)16-11-13(17-3)6-9-18-10-7-13/h4-11H2,1-3H3,(H2,14,15,16). The van der Waals surface area contributed by atoms with E-state index >= 15 is 0 Å². The summed E-state index contributed by atoms with van der Waals surface area (Å²) in [5, 5.41) is 6.65. The Morgan fingerprint density at radius 1 is 1.33 bits per heavy atom. The molecule has 0 aliphatic carbocycles. The van der Waals surface area contributed by atoms with Gasteiger partial charge in [0.05, 0.1) is 5.60 Å². The van der Waals surface area contributed by atoms with Gasteiger partial charge in [0.25, 0.3) is 0 Å². The first-order chi connectivity index (χ1) is 8.76. The van der Waals surface area contributed by atoms with E-state index in [1.54, 1.807) is 14.2 Å². The first-order valence-electron chi connectivity index (χ1n) is 6.84. The fourth-order valence-corrected chi connectivity index (χ4v) is 2.05. The summed E-state index contributed by atoms with van der Waals surface area (Å²) < 4.78 is 11.1. The molecular weight excluding hydrogens is 230 g/mol. The van der Waals surface area contributed by atoms with Crippen LogP contribution in [0.3, 0.4) is 0 Å². The first-order valence-corrected chi connectivity index (χ1v) is 6.84. The van der Waals surface area contributed by atoms with E-state index in [4.69, 9.17) is 9.47 Å². The van der Waals surface area contributed by atoms with Gasteiger partial charge in [0, 0.05) is 53.3 Å². The summed E-state index contributed by atoms with van der Waals surface area (Å²) in [6, 6.07) is 0. The van der Waals surface area contributed by atoms with Gasteiger partial charge in [0.2, 0.25) is 0 Å². The van der Waals surface area contributed by atoms with Crippen molar-refractivity contribution < 1.29 is 9.47 Å². The highest BCUT2D eigenvalue weighted by atomic mass is 16.5. The molecule has 0 radical (unpaired) electrons. The van der Waals surface area contributed by atoms with Crippen molar-refractivity contribution >= 4 is 5.96 Å². The number of ether oxygens (including phenoxy) is 2. The third-order valence-electron chi connectivity index (χ3n) is 3.46. The SMILES string of the molecule is CCCCNC(=NC)NCC1(OC)CCOCC1. The summed E-state index contributed by atoms with van der Waals surface area (Å²) >= 11 is 0. The third kappa shape index (κ3) is 4.82. The number of methoxy groups -OCH3 is 1. The molecule has 0 bridgehead atoms. The minimum absolute atomic E-state index is 0.110. The minimum atomic E-state index is -0.110. The van der Waals surface area contributed by atoms with Crippen molar-refractivity contribution in [2.45, 2.75) is 38.2 Å². The number of guanidine groups is 1. The molecule has 2 N–H and O–H groups in total. The minimum Gasteiger partial charge on any atom is -0.381 e. The molecule has 1 saturated heterocycles. The second-order valence-electron chi connectivity index (χ2n) is 4.71. The van der Waals surface area contributed by atoms with Gasteiger partial charge in [-0.25, -0.2) is 0 Å². The second-order valence-corrected chi connectivity index (χ2v) is 4.71. The Balaban J connectivity index is 2.35. The largest absolute Gasteiger partial charge is 0.381 e. The van der Waals surface area contributed by atoms with Crippen LogP contribution >= 0.6 is 0 Å². The summed E-state index contributed by atoms with van der Waals surface area (Å²) in [6.07, 6.45) is 4.21. The molecule has 1 heterocycles. The molecule has 0 unspecified atom stereocenters. The normalized spacial score (nSPS) is 19.6. The molecule has 1 rings (SSSR count). The fourth-order valence-electron chi connectivity index (χ4n) is 2.05. The molecule has 1 aliphatic heterocycles. The molecule has 18 heavy (non-hydrogen) atoms. The van der Waals surface area contributed by atoms with E-state index in [0.29, 0.717) is 0 Å². The van der Waals surface area contributed by atoms with Crippen LogP contribution in [0.5, 0.6) is 0 Å². The van der Waals surface area contributed by atoms with Crippen molar-refractivity contribution in [1.82, 2.24) is 10.6 Å². The molecule has 5 nitrogen and oxygen atoms in total. The predicted molar refractivity (Wildman–Crippen MR) is 74.1 cm³/mol. The molecule has 0 atom stereocenters. The smallest absolute Gasteiger partial charge is 0.191 e. The fraction of sp³-hybridized carbons (Fsp3) is 0.923. The highest BCUT2D eigenvalue weighted by Crippen LogP contribution is 2.23. The Morgan fingerprint density at radius 2 is 2.06 bits per heavy atom.